The summed E-state index contributed by atoms with van der Waals surface area (Å²) in [5, 5.41) is 20.2. The second-order valence-corrected chi connectivity index (χ2v) is 4.60. The van der Waals surface area contributed by atoms with Crippen molar-refractivity contribution in [2.24, 2.45) is 0 Å². The molecule has 7 heteroatoms. The maximum Gasteiger partial charge on any atom is 0.415 e. The number of phenolic OH excluding ortho intramolecular Hbond substituents is 1. The highest BCUT2D eigenvalue weighted by molar-refractivity contribution is 5.70. The van der Waals surface area contributed by atoms with Crippen LogP contribution in [0.5, 0.6) is 11.5 Å². The molecule has 2 aromatic rings. The Labute approximate surface area is 126 Å². The molecule has 0 fully saturated rings. The van der Waals surface area contributed by atoms with Gasteiger partial charge in [-0.15, -0.1) is 0 Å². The van der Waals surface area contributed by atoms with E-state index in [-0.39, 0.29) is 23.7 Å². The number of non-ortho nitro benzene ring substituents is 1. The van der Waals surface area contributed by atoms with Gasteiger partial charge in [-0.25, -0.2) is 4.79 Å². The smallest absolute Gasteiger partial charge is 0.415 e. The molecule has 0 radical (unpaired) electrons. The third kappa shape index (κ3) is 3.72. The number of hydrogen-bond donors (Lipinski definition) is 1. The van der Waals surface area contributed by atoms with Crippen LogP contribution in [-0.2, 0) is 6.54 Å². The first-order valence-corrected chi connectivity index (χ1v) is 6.41. The van der Waals surface area contributed by atoms with E-state index in [9.17, 15) is 20.0 Å². The van der Waals surface area contributed by atoms with Crippen LogP contribution in [0.1, 0.15) is 5.56 Å². The van der Waals surface area contributed by atoms with Gasteiger partial charge in [0, 0.05) is 24.7 Å². The summed E-state index contributed by atoms with van der Waals surface area (Å²) in [6.07, 6.45) is -0.628. The van der Waals surface area contributed by atoms with E-state index in [1.54, 1.807) is 18.2 Å². The molecule has 22 heavy (non-hydrogen) atoms. The maximum atomic E-state index is 11.9. The Hall–Kier alpha value is -3.09. The summed E-state index contributed by atoms with van der Waals surface area (Å²) < 4.78 is 5.11. The summed E-state index contributed by atoms with van der Waals surface area (Å²) >= 11 is 0. The van der Waals surface area contributed by atoms with E-state index in [4.69, 9.17) is 4.74 Å². The van der Waals surface area contributed by atoms with E-state index in [0.29, 0.717) is 5.56 Å². The van der Waals surface area contributed by atoms with Gasteiger partial charge in [-0.3, -0.25) is 10.1 Å². The van der Waals surface area contributed by atoms with Crippen LogP contribution < -0.4 is 4.74 Å². The lowest BCUT2D eigenvalue weighted by molar-refractivity contribution is -0.384. The number of para-hydroxylation sites is 1. The number of amides is 1. The van der Waals surface area contributed by atoms with E-state index >= 15 is 0 Å². The normalized spacial score (nSPS) is 10.0. The molecule has 0 heterocycles. The second-order valence-electron chi connectivity index (χ2n) is 4.60. The van der Waals surface area contributed by atoms with Crippen LogP contribution in [0.15, 0.2) is 48.5 Å². The topological polar surface area (TPSA) is 92.9 Å². The van der Waals surface area contributed by atoms with Gasteiger partial charge < -0.3 is 14.7 Å². The molecule has 2 aromatic carbocycles. The van der Waals surface area contributed by atoms with Gasteiger partial charge in [0.1, 0.15) is 11.5 Å². The zero-order valence-electron chi connectivity index (χ0n) is 11.8. The molecule has 0 saturated heterocycles. The van der Waals surface area contributed by atoms with Crippen LogP contribution >= 0.6 is 0 Å². The Kier molecular flexibility index (Phi) is 4.57. The molecule has 114 valence electrons. The fourth-order valence-corrected chi connectivity index (χ4v) is 1.78. The minimum atomic E-state index is -0.628. The van der Waals surface area contributed by atoms with Crippen molar-refractivity contribution in [1.29, 1.82) is 0 Å². The third-order valence-corrected chi connectivity index (χ3v) is 2.96. The summed E-state index contributed by atoms with van der Waals surface area (Å²) in [6.45, 7) is 0.179. The van der Waals surface area contributed by atoms with Gasteiger partial charge >= 0.3 is 6.09 Å². The number of phenols is 1. The standard InChI is InChI=1S/C15H14N2O5/c1-16(10-11-4-2-3-5-14(11)18)15(19)22-13-8-6-12(7-9-13)17(20)21/h2-9,18H,10H2,1H3. The first kappa shape index (κ1) is 15.3. The Balaban J connectivity index is 1.99. The van der Waals surface area contributed by atoms with Crippen LogP contribution in [0, 0.1) is 10.1 Å². The molecule has 0 saturated carbocycles. The molecule has 0 atom stereocenters. The lowest BCUT2D eigenvalue weighted by Gasteiger charge is -2.17. The summed E-state index contributed by atoms with van der Waals surface area (Å²) in [6, 6.07) is 11.9. The van der Waals surface area contributed by atoms with Crippen molar-refractivity contribution in [3.05, 3.63) is 64.2 Å². The predicted molar refractivity (Wildman–Crippen MR) is 78.7 cm³/mol. The highest BCUT2D eigenvalue weighted by atomic mass is 16.6. The van der Waals surface area contributed by atoms with Crippen molar-refractivity contribution in [2.45, 2.75) is 6.54 Å². The molecular weight excluding hydrogens is 288 g/mol. The SMILES string of the molecule is CN(Cc1ccccc1O)C(=O)Oc1ccc([N+](=O)[O-])cc1. The van der Waals surface area contributed by atoms with Gasteiger partial charge in [0.15, 0.2) is 0 Å². The lowest BCUT2D eigenvalue weighted by atomic mass is 10.2. The Bertz CT molecular complexity index is 685. The fraction of sp³-hybridized carbons (Fsp3) is 0.133. The van der Waals surface area contributed by atoms with Crippen molar-refractivity contribution in [2.75, 3.05) is 7.05 Å². The van der Waals surface area contributed by atoms with Crippen LogP contribution in [0.2, 0.25) is 0 Å². The van der Waals surface area contributed by atoms with Crippen molar-refractivity contribution in [3.8, 4) is 11.5 Å². The minimum Gasteiger partial charge on any atom is -0.508 e. The highest BCUT2D eigenvalue weighted by Gasteiger charge is 2.14. The molecule has 0 bridgehead atoms. The highest BCUT2D eigenvalue weighted by Crippen LogP contribution is 2.20. The number of carbonyl (C=O) groups excluding carboxylic acids is 1. The largest absolute Gasteiger partial charge is 0.508 e. The molecular formula is C15H14N2O5. The molecule has 1 N–H and O–H groups in total. The van der Waals surface area contributed by atoms with Gasteiger partial charge in [0.05, 0.1) is 11.5 Å². The number of rotatable bonds is 4. The fourth-order valence-electron chi connectivity index (χ4n) is 1.78. The number of nitro groups is 1. The Morgan fingerprint density at radius 2 is 1.86 bits per heavy atom. The van der Waals surface area contributed by atoms with Gasteiger partial charge in [-0.2, -0.15) is 0 Å². The Morgan fingerprint density at radius 1 is 1.23 bits per heavy atom. The molecule has 2 rings (SSSR count). The predicted octanol–water partition coefficient (Wildman–Crippen LogP) is 2.93. The molecule has 1 amide bonds. The molecule has 0 aliphatic carbocycles. The van der Waals surface area contributed by atoms with Gasteiger partial charge in [-0.05, 0) is 18.2 Å². The molecule has 0 aliphatic rings. The first-order chi connectivity index (χ1) is 10.5. The number of nitro benzene ring substituents is 1. The molecule has 0 aromatic heterocycles. The number of hydrogen-bond acceptors (Lipinski definition) is 5. The van der Waals surface area contributed by atoms with Crippen molar-refractivity contribution < 1.29 is 19.6 Å². The number of ether oxygens (including phenoxy) is 1. The maximum absolute atomic E-state index is 11.9. The van der Waals surface area contributed by atoms with E-state index in [0.717, 1.165) is 0 Å². The van der Waals surface area contributed by atoms with Crippen LogP contribution in [0.4, 0.5) is 10.5 Å². The van der Waals surface area contributed by atoms with Crippen molar-refractivity contribution in [3.63, 3.8) is 0 Å². The van der Waals surface area contributed by atoms with E-state index in [2.05, 4.69) is 0 Å². The molecule has 0 spiro atoms. The number of aromatic hydroxyl groups is 1. The van der Waals surface area contributed by atoms with E-state index in [1.165, 1.54) is 42.3 Å². The molecule has 7 nitrogen and oxygen atoms in total. The lowest BCUT2D eigenvalue weighted by Crippen LogP contribution is -2.29. The zero-order chi connectivity index (χ0) is 16.1. The van der Waals surface area contributed by atoms with Crippen LogP contribution in [0.25, 0.3) is 0 Å². The number of benzene rings is 2. The molecule has 0 aliphatic heterocycles. The Morgan fingerprint density at radius 3 is 2.45 bits per heavy atom. The van der Waals surface area contributed by atoms with E-state index < -0.39 is 11.0 Å². The summed E-state index contributed by atoms with van der Waals surface area (Å²) in [4.78, 5) is 23.2. The molecule has 0 unspecified atom stereocenters. The van der Waals surface area contributed by atoms with Gasteiger partial charge in [-0.1, -0.05) is 18.2 Å². The average molecular weight is 302 g/mol. The number of carbonyl (C=O) groups is 1. The monoisotopic (exact) mass is 302 g/mol. The minimum absolute atomic E-state index is 0.0811. The van der Waals surface area contributed by atoms with Crippen molar-refractivity contribution >= 4 is 11.8 Å². The first-order valence-electron chi connectivity index (χ1n) is 6.41. The van der Waals surface area contributed by atoms with Crippen LogP contribution in [0.3, 0.4) is 0 Å². The third-order valence-electron chi connectivity index (χ3n) is 2.96. The average Bonchev–Trinajstić information content (AvgIpc) is 2.50. The van der Waals surface area contributed by atoms with Crippen molar-refractivity contribution in [1.82, 2.24) is 4.90 Å². The van der Waals surface area contributed by atoms with Gasteiger partial charge in [0.2, 0.25) is 0 Å². The van der Waals surface area contributed by atoms with E-state index in [1.807, 2.05) is 0 Å². The quantitative estimate of drug-likeness (QED) is 0.692. The summed E-state index contributed by atoms with van der Waals surface area (Å²) in [5.41, 5.74) is 0.507. The zero-order valence-corrected chi connectivity index (χ0v) is 11.8. The summed E-state index contributed by atoms with van der Waals surface area (Å²) in [7, 11) is 1.53. The van der Waals surface area contributed by atoms with Crippen LogP contribution in [-0.4, -0.2) is 28.1 Å². The number of nitrogens with zero attached hydrogens (tertiary/aromatic N) is 2. The summed E-state index contributed by atoms with van der Waals surface area (Å²) in [5.74, 6) is 0.303. The second kappa shape index (κ2) is 6.57. The van der Waals surface area contributed by atoms with Gasteiger partial charge in [0.25, 0.3) is 5.69 Å².